The van der Waals surface area contributed by atoms with Crippen molar-refractivity contribution in [2.45, 2.75) is 0 Å². The van der Waals surface area contributed by atoms with Gasteiger partial charge in [0, 0.05) is 14.2 Å². The van der Waals surface area contributed by atoms with E-state index in [1.54, 1.807) is 0 Å². The van der Waals surface area contributed by atoms with E-state index in [4.69, 9.17) is 11.6 Å². The molecule has 0 fully saturated rings. The minimum absolute atomic E-state index is 0.00247. The molecule has 0 radical (unpaired) electrons. The summed E-state index contributed by atoms with van der Waals surface area (Å²) in [6.45, 7) is 0. The van der Waals surface area contributed by atoms with Crippen LogP contribution in [0, 0.1) is 0 Å². The second-order valence-electron chi connectivity index (χ2n) is 2.63. The lowest BCUT2D eigenvalue weighted by Gasteiger charge is -2.16. The summed E-state index contributed by atoms with van der Waals surface area (Å²) >= 11 is 5.74. The van der Waals surface area contributed by atoms with Gasteiger partial charge in [-0.25, -0.2) is 0 Å². The van der Waals surface area contributed by atoms with Gasteiger partial charge >= 0.3 is 7.60 Å². The molecule has 0 unspecified atom stereocenters. The summed E-state index contributed by atoms with van der Waals surface area (Å²) in [5.74, 6) is -1.04. The molecule has 0 aliphatic heterocycles. The van der Waals surface area contributed by atoms with E-state index in [0.29, 0.717) is 0 Å². The Kier molecular flexibility index (Phi) is 3.62. The first-order valence-electron chi connectivity index (χ1n) is 3.88. The van der Waals surface area contributed by atoms with E-state index in [0.717, 1.165) is 14.2 Å². The third-order valence-corrected chi connectivity index (χ3v) is 4.24. The lowest BCUT2D eigenvalue weighted by Crippen LogP contribution is -2.10. The zero-order valence-electron chi connectivity index (χ0n) is 8.10. The number of phenolic OH excluding ortho intramolecular Hbond substituents is 2. The van der Waals surface area contributed by atoms with E-state index in [1.165, 1.54) is 12.1 Å². The molecular formula is C8H10ClO5P. The Hall–Kier alpha value is -0.740. The van der Waals surface area contributed by atoms with E-state index in [9.17, 15) is 14.8 Å². The van der Waals surface area contributed by atoms with Crippen LogP contribution in [0.25, 0.3) is 0 Å². The summed E-state index contributed by atoms with van der Waals surface area (Å²) in [5, 5.41) is 18.5. The maximum Gasteiger partial charge on any atom is 0.366 e. The van der Waals surface area contributed by atoms with Gasteiger partial charge in [-0.05, 0) is 12.1 Å². The minimum Gasteiger partial charge on any atom is -0.504 e. The van der Waals surface area contributed by atoms with E-state index in [2.05, 4.69) is 9.05 Å². The summed E-state index contributed by atoms with van der Waals surface area (Å²) in [5.41, 5.74) is 0. The highest BCUT2D eigenvalue weighted by Crippen LogP contribution is 2.51. The average Bonchev–Trinajstić information content (AvgIpc) is 2.23. The van der Waals surface area contributed by atoms with Crippen molar-refractivity contribution < 1.29 is 23.8 Å². The zero-order valence-corrected chi connectivity index (χ0v) is 9.75. The fraction of sp³-hybridized carbons (Fsp3) is 0.250. The standard InChI is InChI=1S/C8H10ClO5P/c1-13-15(12,14-2)8-5(9)3-4-6(10)7(8)11/h3-4,10-11H,1-2H3. The first-order valence-corrected chi connectivity index (χ1v) is 5.81. The molecule has 0 atom stereocenters. The SMILES string of the molecule is COP(=O)(OC)c1c(Cl)ccc(O)c1O. The van der Waals surface area contributed by atoms with Crippen LogP contribution in [0.5, 0.6) is 11.5 Å². The van der Waals surface area contributed by atoms with Crippen LogP contribution >= 0.6 is 19.2 Å². The van der Waals surface area contributed by atoms with Gasteiger partial charge in [-0.15, -0.1) is 0 Å². The number of aromatic hydroxyl groups is 2. The molecule has 5 nitrogen and oxygen atoms in total. The van der Waals surface area contributed by atoms with Gasteiger partial charge in [-0.1, -0.05) is 11.6 Å². The average molecular weight is 253 g/mol. The van der Waals surface area contributed by atoms with Crippen LogP contribution < -0.4 is 5.30 Å². The molecule has 7 heteroatoms. The quantitative estimate of drug-likeness (QED) is 0.634. The Morgan fingerprint density at radius 2 is 1.80 bits per heavy atom. The number of benzene rings is 1. The summed E-state index contributed by atoms with van der Waals surface area (Å²) in [4.78, 5) is 0. The number of hydrogen-bond acceptors (Lipinski definition) is 5. The molecule has 0 heterocycles. The van der Waals surface area contributed by atoms with Crippen LogP contribution in [0.4, 0.5) is 0 Å². The van der Waals surface area contributed by atoms with Crippen molar-refractivity contribution in [1.82, 2.24) is 0 Å². The maximum atomic E-state index is 11.9. The van der Waals surface area contributed by atoms with Crippen LogP contribution in [0.3, 0.4) is 0 Å². The molecule has 15 heavy (non-hydrogen) atoms. The molecule has 2 N–H and O–H groups in total. The third-order valence-electron chi connectivity index (χ3n) is 1.84. The molecule has 0 bridgehead atoms. The van der Waals surface area contributed by atoms with Gasteiger partial charge in [0.15, 0.2) is 11.5 Å². The highest BCUT2D eigenvalue weighted by molar-refractivity contribution is 7.62. The summed E-state index contributed by atoms with van der Waals surface area (Å²) in [6.07, 6.45) is 0. The first-order chi connectivity index (χ1) is 6.96. The first kappa shape index (κ1) is 12.3. The van der Waals surface area contributed by atoms with Crippen LogP contribution in [-0.4, -0.2) is 24.4 Å². The van der Waals surface area contributed by atoms with Crippen molar-refractivity contribution in [2.75, 3.05) is 14.2 Å². The summed E-state index contributed by atoms with van der Waals surface area (Å²) < 4.78 is 21.3. The van der Waals surface area contributed by atoms with Gasteiger partial charge in [-0.3, -0.25) is 4.57 Å². The lowest BCUT2D eigenvalue weighted by molar-refractivity contribution is 0.286. The van der Waals surface area contributed by atoms with Gasteiger partial charge in [-0.2, -0.15) is 0 Å². The topological polar surface area (TPSA) is 76.0 Å². The van der Waals surface area contributed by atoms with Gasteiger partial charge in [0.25, 0.3) is 0 Å². The molecule has 0 saturated carbocycles. The molecule has 0 aliphatic rings. The van der Waals surface area contributed by atoms with E-state index in [1.807, 2.05) is 0 Å². The maximum absolute atomic E-state index is 11.9. The van der Waals surface area contributed by atoms with Crippen LogP contribution in [0.2, 0.25) is 5.02 Å². The normalized spacial score (nSPS) is 11.7. The predicted octanol–water partition coefficient (Wildman–Crippen LogP) is 1.86. The number of hydrogen-bond donors (Lipinski definition) is 2. The van der Waals surface area contributed by atoms with Crippen molar-refractivity contribution in [3.8, 4) is 11.5 Å². The molecule has 0 spiro atoms. The minimum atomic E-state index is -3.68. The highest BCUT2D eigenvalue weighted by atomic mass is 35.5. The second kappa shape index (κ2) is 4.41. The van der Waals surface area contributed by atoms with Crippen molar-refractivity contribution >= 4 is 24.5 Å². The van der Waals surface area contributed by atoms with Gasteiger partial charge in [0.05, 0.1) is 5.02 Å². The van der Waals surface area contributed by atoms with E-state index < -0.39 is 19.1 Å². The Bertz CT molecular complexity index is 412. The zero-order chi connectivity index (χ0) is 11.6. The van der Waals surface area contributed by atoms with Crippen molar-refractivity contribution in [1.29, 1.82) is 0 Å². The molecule has 1 rings (SSSR count). The second-order valence-corrected chi connectivity index (χ2v) is 5.21. The smallest absolute Gasteiger partial charge is 0.366 e. The Balaban J connectivity index is 3.48. The number of phenols is 2. The van der Waals surface area contributed by atoms with Gasteiger partial charge in [0.1, 0.15) is 5.30 Å². The van der Waals surface area contributed by atoms with Gasteiger partial charge < -0.3 is 19.3 Å². The fourth-order valence-electron chi connectivity index (χ4n) is 1.06. The molecule has 0 amide bonds. The van der Waals surface area contributed by atoms with E-state index >= 15 is 0 Å². The Morgan fingerprint density at radius 1 is 1.27 bits per heavy atom. The van der Waals surface area contributed by atoms with Crippen LogP contribution in [0.1, 0.15) is 0 Å². The molecule has 1 aromatic carbocycles. The fourth-order valence-corrected chi connectivity index (χ4v) is 2.75. The number of rotatable bonds is 3. The van der Waals surface area contributed by atoms with Crippen molar-refractivity contribution in [2.24, 2.45) is 0 Å². The molecule has 0 saturated heterocycles. The van der Waals surface area contributed by atoms with Crippen molar-refractivity contribution in [3.63, 3.8) is 0 Å². The molecular weight excluding hydrogens is 243 g/mol. The lowest BCUT2D eigenvalue weighted by atomic mass is 10.3. The third kappa shape index (κ3) is 2.11. The van der Waals surface area contributed by atoms with E-state index in [-0.39, 0.29) is 10.3 Å². The summed E-state index contributed by atoms with van der Waals surface area (Å²) in [7, 11) is -1.36. The highest BCUT2D eigenvalue weighted by Gasteiger charge is 2.32. The predicted molar refractivity (Wildman–Crippen MR) is 56.0 cm³/mol. The molecule has 84 valence electrons. The monoisotopic (exact) mass is 252 g/mol. The van der Waals surface area contributed by atoms with Crippen LogP contribution in [-0.2, 0) is 13.6 Å². The van der Waals surface area contributed by atoms with Crippen molar-refractivity contribution in [3.05, 3.63) is 17.2 Å². The largest absolute Gasteiger partial charge is 0.504 e. The molecule has 1 aromatic rings. The number of halogens is 1. The molecule has 0 aromatic heterocycles. The van der Waals surface area contributed by atoms with Gasteiger partial charge in [0.2, 0.25) is 0 Å². The van der Waals surface area contributed by atoms with Crippen LogP contribution in [0.15, 0.2) is 12.1 Å². The Morgan fingerprint density at radius 3 is 2.27 bits per heavy atom. The molecule has 0 aliphatic carbocycles. The summed E-state index contributed by atoms with van der Waals surface area (Å²) in [6, 6.07) is 2.47. The Labute approximate surface area is 91.7 Å².